The van der Waals surface area contributed by atoms with E-state index in [1.165, 1.54) is 11.1 Å². The lowest BCUT2D eigenvalue weighted by Gasteiger charge is -2.38. The fourth-order valence-electron chi connectivity index (χ4n) is 2.23. The standard InChI is InChI=1S/C13H21N3/c1-10-4-5-14-8-13(10)9-16-7-6-15-11(2)12(16)3/h4-5,8,11-12,15H,6-7,9H2,1-3H3. The fourth-order valence-corrected chi connectivity index (χ4v) is 2.23. The third-order valence-electron chi connectivity index (χ3n) is 3.69. The summed E-state index contributed by atoms with van der Waals surface area (Å²) in [4.78, 5) is 6.75. The van der Waals surface area contributed by atoms with Gasteiger partial charge < -0.3 is 5.32 Å². The number of hydrogen-bond donors (Lipinski definition) is 1. The summed E-state index contributed by atoms with van der Waals surface area (Å²) in [5.41, 5.74) is 2.69. The van der Waals surface area contributed by atoms with Crippen molar-refractivity contribution in [3.05, 3.63) is 29.6 Å². The summed E-state index contributed by atoms with van der Waals surface area (Å²) in [6.07, 6.45) is 3.86. The zero-order valence-electron chi connectivity index (χ0n) is 10.4. The van der Waals surface area contributed by atoms with E-state index in [4.69, 9.17) is 0 Å². The fraction of sp³-hybridized carbons (Fsp3) is 0.615. The van der Waals surface area contributed by atoms with Crippen molar-refractivity contribution in [1.82, 2.24) is 15.2 Å². The van der Waals surface area contributed by atoms with E-state index in [1.54, 1.807) is 0 Å². The van der Waals surface area contributed by atoms with Crippen LogP contribution in [-0.4, -0.2) is 35.1 Å². The monoisotopic (exact) mass is 219 g/mol. The molecule has 2 rings (SSSR count). The zero-order valence-corrected chi connectivity index (χ0v) is 10.4. The van der Waals surface area contributed by atoms with Crippen molar-refractivity contribution in [2.75, 3.05) is 13.1 Å². The molecule has 0 saturated carbocycles. The molecule has 0 spiro atoms. The molecule has 0 radical (unpaired) electrons. The van der Waals surface area contributed by atoms with Crippen LogP contribution in [0.25, 0.3) is 0 Å². The Kier molecular flexibility index (Phi) is 3.56. The first-order valence-electron chi connectivity index (χ1n) is 6.05. The molecule has 1 aromatic rings. The molecular formula is C13H21N3. The molecule has 0 bridgehead atoms. The lowest BCUT2D eigenvalue weighted by molar-refractivity contribution is 0.130. The van der Waals surface area contributed by atoms with Crippen LogP contribution in [0.1, 0.15) is 25.0 Å². The van der Waals surface area contributed by atoms with Crippen LogP contribution in [-0.2, 0) is 6.54 Å². The summed E-state index contributed by atoms with van der Waals surface area (Å²) in [6.45, 7) is 9.94. The number of aromatic nitrogens is 1. The van der Waals surface area contributed by atoms with Crippen molar-refractivity contribution in [2.24, 2.45) is 0 Å². The highest BCUT2D eigenvalue weighted by Crippen LogP contribution is 2.15. The van der Waals surface area contributed by atoms with Gasteiger partial charge in [-0.25, -0.2) is 0 Å². The van der Waals surface area contributed by atoms with Gasteiger partial charge in [0.1, 0.15) is 0 Å². The summed E-state index contributed by atoms with van der Waals surface area (Å²) in [7, 11) is 0. The van der Waals surface area contributed by atoms with E-state index in [2.05, 4.69) is 42.0 Å². The van der Waals surface area contributed by atoms with Gasteiger partial charge in [-0.3, -0.25) is 9.88 Å². The van der Waals surface area contributed by atoms with Gasteiger partial charge in [0, 0.05) is 44.1 Å². The third kappa shape index (κ3) is 2.42. The predicted octanol–water partition coefficient (Wildman–Crippen LogP) is 1.57. The van der Waals surface area contributed by atoms with E-state index in [9.17, 15) is 0 Å². The van der Waals surface area contributed by atoms with E-state index in [-0.39, 0.29) is 0 Å². The van der Waals surface area contributed by atoms with Crippen LogP contribution in [0.2, 0.25) is 0 Å². The minimum atomic E-state index is 0.575. The number of nitrogens with zero attached hydrogens (tertiary/aromatic N) is 2. The molecular weight excluding hydrogens is 198 g/mol. The van der Waals surface area contributed by atoms with E-state index >= 15 is 0 Å². The van der Waals surface area contributed by atoms with Crippen LogP contribution >= 0.6 is 0 Å². The maximum atomic E-state index is 4.21. The molecule has 2 atom stereocenters. The minimum Gasteiger partial charge on any atom is -0.311 e. The van der Waals surface area contributed by atoms with Gasteiger partial charge in [-0.2, -0.15) is 0 Å². The number of nitrogens with one attached hydrogen (secondary N) is 1. The van der Waals surface area contributed by atoms with Gasteiger partial charge in [-0.15, -0.1) is 0 Å². The third-order valence-corrected chi connectivity index (χ3v) is 3.69. The van der Waals surface area contributed by atoms with Crippen LogP contribution in [0, 0.1) is 6.92 Å². The summed E-state index contributed by atoms with van der Waals surface area (Å²) < 4.78 is 0. The van der Waals surface area contributed by atoms with Gasteiger partial charge in [0.15, 0.2) is 0 Å². The van der Waals surface area contributed by atoms with Gasteiger partial charge >= 0.3 is 0 Å². The van der Waals surface area contributed by atoms with Gasteiger partial charge in [-0.05, 0) is 38.0 Å². The molecule has 1 aliphatic rings. The Balaban J connectivity index is 2.06. The van der Waals surface area contributed by atoms with Crippen LogP contribution < -0.4 is 5.32 Å². The molecule has 0 aromatic carbocycles. The summed E-state index contributed by atoms with van der Waals surface area (Å²) in [5, 5.41) is 3.50. The lowest BCUT2D eigenvalue weighted by atomic mass is 10.1. The first-order valence-corrected chi connectivity index (χ1v) is 6.05. The molecule has 3 heteroatoms. The Bertz CT molecular complexity index is 351. The highest BCUT2D eigenvalue weighted by Gasteiger charge is 2.24. The molecule has 1 fully saturated rings. The first-order chi connectivity index (χ1) is 7.68. The van der Waals surface area contributed by atoms with Gasteiger partial charge in [-0.1, -0.05) is 0 Å². The smallest absolute Gasteiger partial charge is 0.0315 e. The van der Waals surface area contributed by atoms with Crippen LogP contribution in [0.3, 0.4) is 0 Å². The molecule has 2 heterocycles. The second-order valence-corrected chi connectivity index (χ2v) is 4.76. The van der Waals surface area contributed by atoms with E-state index in [1.807, 2.05) is 12.4 Å². The van der Waals surface area contributed by atoms with Crippen molar-refractivity contribution in [3.8, 4) is 0 Å². The quantitative estimate of drug-likeness (QED) is 0.818. The number of piperazine rings is 1. The van der Waals surface area contributed by atoms with Crippen molar-refractivity contribution < 1.29 is 0 Å². The molecule has 88 valence electrons. The summed E-state index contributed by atoms with van der Waals surface area (Å²) >= 11 is 0. The molecule has 16 heavy (non-hydrogen) atoms. The van der Waals surface area contributed by atoms with Crippen molar-refractivity contribution in [3.63, 3.8) is 0 Å². The van der Waals surface area contributed by atoms with Crippen LogP contribution in [0.5, 0.6) is 0 Å². The molecule has 0 amide bonds. The van der Waals surface area contributed by atoms with E-state index < -0.39 is 0 Å². The Morgan fingerprint density at radius 3 is 3.06 bits per heavy atom. The Morgan fingerprint density at radius 2 is 2.31 bits per heavy atom. The SMILES string of the molecule is Cc1ccncc1CN1CCNC(C)C1C. The Morgan fingerprint density at radius 1 is 1.50 bits per heavy atom. The number of rotatable bonds is 2. The largest absolute Gasteiger partial charge is 0.311 e. The normalized spacial score (nSPS) is 26.9. The number of pyridine rings is 1. The maximum absolute atomic E-state index is 4.21. The first kappa shape index (κ1) is 11.6. The predicted molar refractivity (Wildman–Crippen MR) is 66.3 cm³/mol. The Labute approximate surface area is 97.9 Å². The molecule has 1 aromatic heterocycles. The molecule has 1 N–H and O–H groups in total. The molecule has 2 unspecified atom stereocenters. The average molecular weight is 219 g/mol. The second-order valence-electron chi connectivity index (χ2n) is 4.76. The van der Waals surface area contributed by atoms with E-state index in [0.29, 0.717) is 12.1 Å². The highest BCUT2D eigenvalue weighted by atomic mass is 15.2. The topological polar surface area (TPSA) is 28.2 Å². The van der Waals surface area contributed by atoms with Gasteiger partial charge in [0.2, 0.25) is 0 Å². The van der Waals surface area contributed by atoms with Crippen molar-refractivity contribution in [1.29, 1.82) is 0 Å². The molecule has 3 nitrogen and oxygen atoms in total. The van der Waals surface area contributed by atoms with E-state index in [0.717, 1.165) is 19.6 Å². The Hall–Kier alpha value is -0.930. The zero-order chi connectivity index (χ0) is 11.5. The summed E-state index contributed by atoms with van der Waals surface area (Å²) in [6, 6.07) is 3.25. The summed E-state index contributed by atoms with van der Waals surface area (Å²) in [5.74, 6) is 0. The maximum Gasteiger partial charge on any atom is 0.0315 e. The molecule has 1 saturated heterocycles. The van der Waals surface area contributed by atoms with Crippen LogP contribution in [0.15, 0.2) is 18.5 Å². The molecule has 0 aliphatic carbocycles. The lowest BCUT2D eigenvalue weighted by Crippen LogP contribution is -2.54. The minimum absolute atomic E-state index is 0.575. The molecule has 1 aliphatic heterocycles. The average Bonchev–Trinajstić information content (AvgIpc) is 2.28. The number of hydrogen-bond acceptors (Lipinski definition) is 3. The van der Waals surface area contributed by atoms with Gasteiger partial charge in [0.25, 0.3) is 0 Å². The van der Waals surface area contributed by atoms with Crippen LogP contribution in [0.4, 0.5) is 0 Å². The number of aryl methyl sites for hydroxylation is 1. The van der Waals surface area contributed by atoms with Crippen molar-refractivity contribution >= 4 is 0 Å². The highest BCUT2D eigenvalue weighted by molar-refractivity contribution is 5.21. The second kappa shape index (κ2) is 4.93. The van der Waals surface area contributed by atoms with Gasteiger partial charge in [0.05, 0.1) is 0 Å². The van der Waals surface area contributed by atoms with Crippen molar-refractivity contribution in [2.45, 2.75) is 39.4 Å².